The quantitative estimate of drug-likeness (QED) is 0.659. The highest BCUT2D eigenvalue weighted by molar-refractivity contribution is 7.99. The standard InChI is InChI=1S/C18H20N4O2S/c1-13-6-3-4-7-14(13)9-10-19-16(23)12-25-18-21-20-17(22(18)2)15-8-5-11-24-15/h3-8,11H,9-10,12H2,1-2H3,(H,19,23). The SMILES string of the molecule is Cc1ccccc1CCNC(=O)CSc1nnc(-c2ccco2)n1C. The summed E-state index contributed by atoms with van der Waals surface area (Å²) in [5.41, 5.74) is 2.50. The Bertz CT molecular complexity index is 843. The second-order valence-corrected chi connectivity index (χ2v) is 6.60. The van der Waals surface area contributed by atoms with Gasteiger partial charge in [-0.1, -0.05) is 36.0 Å². The average Bonchev–Trinajstić information content (AvgIpc) is 3.24. The number of aryl methyl sites for hydroxylation is 1. The molecule has 3 aromatic rings. The summed E-state index contributed by atoms with van der Waals surface area (Å²) in [7, 11) is 1.86. The zero-order chi connectivity index (χ0) is 17.6. The smallest absolute Gasteiger partial charge is 0.230 e. The maximum Gasteiger partial charge on any atom is 0.230 e. The van der Waals surface area contributed by atoms with Gasteiger partial charge in [0.15, 0.2) is 16.7 Å². The van der Waals surface area contributed by atoms with Crippen molar-refractivity contribution in [3.63, 3.8) is 0 Å². The number of carbonyl (C=O) groups is 1. The van der Waals surface area contributed by atoms with Gasteiger partial charge in [-0.3, -0.25) is 4.79 Å². The number of aromatic nitrogens is 3. The lowest BCUT2D eigenvalue weighted by molar-refractivity contribution is -0.118. The van der Waals surface area contributed by atoms with Crippen molar-refractivity contribution in [1.29, 1.82) is 0 Å². The number of benzene rings is 1. The van der Waals surface area contributed by atoms with Crippen molar-refractivity contribution in [2.24, 2.45) is 7.05 Å². The summed E-state index contributed by atoms with van der Waals surface area (Å²) in [6, 6.07) is 11.8. The molecule has 130 valence electrons. The third-order valence-electron chi connectivity index (χ3n) is 3.89. The highest BCUT2D eigenvalue weighted by Gasteiger charge is 2.14. The van der Waals surface area contributed by atoms with Gasteiger partial charge in [0.2, 0.25) is 5.91 Å². The summed E-state index contributed by atoms with van der Waals surface area (Å²) >= 11 is 1.36. The Morgan fingerprint density at radius 2 is 2.08 bits per heavy atom. The number of amides is 1. The molecule has 7 heteroatoms. The first-order valence-electron chi connectivity index (χ1n) is 8.02. The van der Waals surface area contributed by atoms with Gasteiger partial charge in [-0.2, -0.15) is 0 Å². The van der Waals surface area contributed by atoms with Crippen LogP contribution in [0.4, 0.5) is 0 Å². The zero-order valence-corrected chi connectivity index (χ0v) is 15.0. The molecule has 0 atom stereocenters. The lowest BCUT2D eigenvalue weighted by Crippen LogP contribution is -2.27. The van der Waals surface area contributed by atoms with Crippen LogP contribution in [0.15, 0.2) is 52.2 Å². The summed E-state index contributed by atoms with van der Waals surface area (Å²) < 4.78 is 7.16. The molecule has 3 rings (SSSR count). The first kappa shape index (κ1) is 17.3. The molecule has 1 amide bonds. The lowest BCUT2D eigenvalue weighted by Gasteiger charge is -2.07. The Balaban J connectivity index is 1.47. The summed E-state index contributed by atoms with van der Waals surface area (Å²) in [4.78, 5) is 12.0. The minimum atomic E-state index is -0.0128. The summed E-state index contributed by atoms with van der Waals surface area (Å²) in [5.74, 6) is 1.59. The third kappa shape index (κ3) is 4.30. The van der Waals surface area contributed by atoms with Crippen molar-refractivity contribution >= 4 is 17.7 Å². The van der Waals surface area contributed by atoms with E-state index in [1.165, 1.54) is 22.9 Å². The second-order valence-electron chi connectivity index (χ2n) is 5.66. The van der Waals surface area contributed by atoms with Crippen LogP contribution < -0.4 is 5.32 Å². The normalized spacial score (nSPS) is 10.8. The molecule has 0 aliphatic rings. The van der Waals surface area contributed by atoms with E-state index in [-0.39, 0.29) is 5.91 Å². The van der Waals surface area contributed by atoms with E-state index in [1.54, 1.807) is 12.3 Å². The highest BCUT2D eigenvalue weighted by atomic mass is 32.2. The molecule has 2 aromatic heterocycles. The Morgan fingerprint density at radius 1 is 1.24 bits per heavy atom. The molecule has 0 spiro atoms. The maximum absolute atomic E-state index is 12.0. The number of rotatable bonds is 7. The van der Waals surface area contributed by atoms with Gasteiger partial charge in [0, 0.05) is 13.6 Å². The van der Waals surface area contributed by atoms with E-state index in [4.69, 9.17) is 4.42 Å². The van der Waals surface area contributed by atoms with E-state index in [0.717, 1.165) is 6.42 Å². The number of carbonyl (C=O) groups excluding carboxylic acids is 1. The van der Waals surface area contributed by atoms with E-state index >= 15 is 0 Å². The largest absolute Gasteiger partial charge is 0.461 e. The van der Waals surface area contributed by atoms with E-state index in [0.29, 0.717) is 29.0 Å². The number of nitrogens with one attached hydrogen (secondary N) is 1. The van der Waals surface area contributed by atoms with Crippen LogP contribution in [0.25, 0.3) is 11.6 Å². The van der Waals surface area contributed by atoms with E-state index < -0.39 is 0 Å². The Morgan fingerprint density at radius 3 is 2.84 bits per heavy atom. The average molecular weight is 356 g/mol. The van der Waals surface area contributed by atoms with Crippen LogP contribution in [0.3, 0.4) is 0 Å². The molecule has 1 aromatic carbocycles. The molecule has 1 N–H and O–H groups in total. The van der Waals surface area contributed by atoms with Crippen molar-refractivity contribution < 1.29 is 9.21 Å². The number of hydrogen-bond donors (Lipinski definition) is 1. The Hall–Kier alpha value is -2.54. The summed E-state index contributed by atoms with van der Waals surface area (Å²) in [6.07, 6.45) is 2.43. The summed E-state index contributed by atoms with van der Waals surface area (Å²) in [6.45, 7) is 2.71. The Labute approximate surface area is 150 Å². The topological polar surface area (TPSA) is 73.0 Å². The van der Waals surface area contributed by atoms with Crippen LogP contribution >= 0.6 is 11.8 Å². The van der Waals surface area contributed by atoms with Gasteiger partial charge < -0.3 is 14.3 Å². The van der Waals surface area contributed by atoms with Gasteiger partial charge in [0.1, 0.15) is 0 Å². The number of thioether (sulfide) groups is 1. The van der Waals surface area contributed by atoms with Gasteiger partial charge in [-0.25, -0.2) is 0 Å². The molecular formula is C18H20N4O2S. The fourth-order valence-corrected chi connectivity index (χ4v) is 3.21. The van der Waals surface area contributed by atoms with Gasteiger partial charge in [0.25, 0.3) is 0 Å². The first-order valence-corrected chi connectivity index (χ1v) is 9.01. The van der Waals surface area contributed by atoms with Gasteiger partial charge in [-0.15, -0.1) is 10.2 Å². The van der Waals surface area contributed by atoms with Crippen LogP contribution in [0.1, 0.15) is 11.1 Å². The van der Waals surface area contributed by atoms with Gasteiger partial charge in [-0.05, 0) is 36.6 Å². The highest BCUT2D eigenvalue weighted by Crippen LogP contribution is 2.22. The molecule has 0 saturated heterocycles. The predicted octanol–water partition coefficient (Wildman–Crippen LogP) is 2.83. The third-order valence-corrected chi connectivity index (χ3v) is 4.91. The van der Waals surface area contributed by atoms with Crippen LogP contribution in [-0.2, 0) is 18.3 Å². The fraction of sp³-hybridized carbons (Fsp3) is 0.278. The van der Waals surface area contributed by atoms with E-state index in [9.17, 15) is 4.79 Å². The van der Waals surface area contributed by atoms with Gasteiger partial charge >= 0.3 is 0 Å². The first-order chi connectivity index (χ1) is 12.1. The molecule has 6 nitrogen and oxygen atoms in total. The van der Waals surface area contributed by atoms with Crippen molar-refractivity contribution in [1.82, 2.24) is 20.1 Å². The number of nitrogens with zero attached hydrogens (tertiary/aromatic N) is 3. The number of furan rings is 1. The molecule has 0 aliphatic heterocycles. The molecule has 0 radical (unpaired) electrons. The maximum atomic E-state index is 12.0. The summed E-state index contributed by atoms with van der Waals surface area (Å²) in [5, 5.41) is 11.9. The minimum absolute atomic E-state index is 0.0128. The minimum Gasteiger partial charge on any atom is -0.461 e. The van der Waals surface area contributed by atoms with Gasteiger partial charge in [0.05, 0.1) is 12.0 Å². The molecule has 25 heavy (non-hydrogen) atoms. The molecule has 0 saturated carbocycles. The molecule has 0 bridgehead atoms. The lowest BCUT2D eigenvalue weighted by atomic mass is 10.1. The van der Waals surface area contributed by atoms with Crippen LogP contribution in [0.2, 0.25) is 0 Å². The molecule has 0 fully saturated rings. The number of hydrogen-bond acceptors (Lipinski definition) is 5. The van der Waals surface area contributed by atoms with Crippen molar-refractivity contribution in [2.45, 2.75) is 18.5 Å². The van der Waals surface area contributed by atoms with Crippen molar-refractivity contribution in [2.75, 3.05) is 12.3 Å². The van der Waals surface area contributed by atoms with E-state index in [2.05, 4.69) is 34.6 Å². The van der Waals surface area contributed by atoms with Crippen LogP contribution in [0.5, 0.6) is 0 Å². The molecule has 0 aliphatic carbocycles. The Kier molecular flexibility index (Phi) is 5.55. The fourth-order valence-electron chi connectivity index (χ4n) is 2.47. The zero-order valence-electron chi connectivity index (χ0n) is 14.2. The second kappa shape index (κ2) is 8.02. The van der Waals surface area contributed by atoms with Crippen molar-refractivity contribution in [3.8, 4) is 11.6 Å². The molecule has 2 heterocycles. The predicted molar refractivity (Wildman–Crippen MR) is 97.3 cm³/mol. The molecule has 0 unspecified atom stereocenters. The monoisotopic (exact) mass is 356 g/mol. The van der Waals surface area contributed by atoms with Crippen LogP contribution in [0, 0.1) is 6.92 Å². The molecular weight excluding hydrogens is 336 g/mol. The van der Waals surface area contributed by atoms with E-state index in [1.807, 2.05) is 29.8 Å². The van der Waals surface area contributed by atoms with Crippen molar-refractivity contribution in [3.05, 3.63) is 53.8 Å². The van der Waals surface area contributed by atoms with Crippen LogP contribution in [-0.4, -0.2) is 33.0 Å².